The van der Waals surface area contributed by atoms with Crippen LogP contribution in [0.15, 0.2) is 29.0 Å². The molecular formula is C12H15FN2O. The minimum absolute atomic E-state index is 0.200. The zero-order valence-electron chi connectivity index (χ0n) is 9.24. The Morgan fingerprint density at radius 1 is 1.62 bits per heavy atom. The average Bonchev–Trinajstić information content (AvgIpc) is 2.86. The van der Waals surface area contributed by atoms with Crippen LogP contribution in [0.1, 0.15) is 19.8 Å². The lowest BCUT2D eigenvalue weighted by Crippen LogP contribution is -2.48. The lowest BCUT2D eigenvalue weighted by atomic mass is 10.1. The topological polar surface area (TPSA) is 33.6 Å². The van der Waals surface area contributed by atoms with Gasteiger partial charge in [0, 0.05) is 18.7 Å². The molecule has 86 valence electrons. The molecule has 3 nitrogen and oxygen atoms in total. The Balaban J connectivity index is 1.69. The molecular weight excluding hydrogens is 207 g/mol. The van der Waals surface area contributed by atoms with Gasteiger partial charge in [-0.25, -0.2) is 4.39 Å². The molecule has 4 heteroatoms. The van der Waals surface area contributed by atoms with Gasteiger partial charge < -0.3 is 10.1 Å². The third-order valence-electron chi connectivity index (χ3n) is 3.41. The van der Waals surface area contributed by atoms with Gasteiger partial charge in [-0.3, -0.25) is 4.99 Å². The molecule has 3 aliphatic rings. The highest BCUT2D eigenvalue weighted by Gasteiger charge is 2.60. The second kappa shape index (κ2) is 3.17. The van der Waals surface area contributed by atoms with Gasteiger partial charge in [0.2, 0.25) is 5.79 Å². The Hall–Kier alpha value is -1.16. The highest BCUT2D eigenvalue weighted by molar-refractivity contribution is 5.73. The minimum atomic E-state index is -1.66. The van der Waals surface area contributed by atoms with Gasteiger partial charge in [-0.15, -0.1) is 0 Å². The van der Waals surface area contributed by atoms with Gasteiger partial charge in [0.1, 0.15) is 11.9 Å². The van der Waals surface area contributed by atoms with E-state index in [1.165, 1.54) is 19.2 Å². The van der Waals surface area contributed by atoms with E-state index in [0.717, 1.165) is 19.4 Å². The Morgan fingerprint density at radius 3 is 3.06 bits per heavy atom. The molecule has 1 saturated heterocycles. The van der Waals surface area contributed by atoms with E-state index in [1.807, 2.05) is 0 Å². The van der Waals surface area contributed by atoms with E-state index in [4.69, 9.17) is 4.74 Å². The third-order valence-corrected chi connectivity index (χ3v) is 3.41. The molecule has 2 unspecified atom stereocenters. The van der Waals surface area contributed by atoms with E-state index in [-0.39, 0.29) is 11.6 Å². The Morgan fingerprint density at radius 2 is 2.44 bits per heavy atom. The van der Waals surface area contributed by atoms with E-state index >= 15 is 0 Å². The van der Waals surface area contributed by atoms with Crippen molar-refractivity contribution in [2.45, 2.75) is 37.2 Å². The monoisotopic (exact) mass is 222 g/mol. The van der Waals surface area contributed by atoms with Crippen LogP contribution in [0.5, 0.6) is 0 Å². The first kappa shape index (κ1) is 10.0. The molecule has 0 bridgehead atoms. The number of aliphatic imine (C=N–C) groups is 1. The second-order valence-electron chi connectivity index (χ2n) is 4.85. The maximum Gasteiger partial charge on any atom is 0.219 e. The molecule has 0 aromatic rings. The number of halogens is 1. The van der Waals surface area contributed by atoms with E-state index in [9.17, 15) is 4.39 Å². The Bertz CT molecular complexity index is 394. The summed E-state index contributed by atoms with van der Waals surface area (Å²) in [7, 11) is 0. The van der Waals surface area contributed by atoms with Crippen LogP contribution in [-0.4, -0.2) is 30.2 Å². The maximum absolute atomic E-state index is 13.7. The van der Waals surface area contributed by atoms with Crippen LogP contribution in [-0.2, 0) is 4.74 Å². The van der Waals surface area contributed by atoms with Crippen molar-refractivity contribution in [3.05, 3.63) is 24.0 Å². The maximum atomic E-state index is 13.7. The molecule has 1 aliphatic carbocycles. The third kappa shape index (κ3) is 1.67. The van der Waals surface area contributed by atoms with Gasteiger partial charge in [0.15, 0.2) is 0 Å². The summed E-state index contributed by atoms with van der Waals surface area (Å²) in [6, 6.07) is 0. The van der Waals surface area contributed by atoms with Crippen LogP contribution >= 0.6 is 0 Å². The molecule has 1 N–H and O–H groups in total. The summed E-state index contributed by atoms with van der Waals surface area (Å²) >= 11 is 0. The smallest absolute Gasteiger partial charge is 0.219 e. The van der Waals surface area contributed by atoms with Crippen molar-refractivity contribution in [1.82, 2.24) is 5.32 Å². The fraction of sp³-hybridized carbons (Fsp3) is 0.583. The van der Waals surface area contributed by atoms with Crippen molar-refractivity contribution in [2.75, 3.05) is 6.54 Å². The first-order chi connectivity index (χ1) is 7.60. The summed E-state index contributed by atoms with van der Waals surface area (Å²) in [6.07, 6.45) is 8.76. The molecule has 0 aromatic heterocycles. The summed E-state index contributed by atoms with van der Waals surface area (Å²) in [5, 5.41) is 3.37. The van der Waals surface area contributed by atoms with E-state index in [1.54, 1.807) is 12.2 Å². The SMILES string of the molecule is CC1(F)C=C(OC2C[C@@]23CCN3)C=CC=N1. The quantitative estimate of drug-likeness (QED) is 0.722. The number of nitrogens with one attached hydrogen (secondary N) is 1. The molecule has 0 radical (unpaired) electrons. The number of allylic oxidation sites excluding steroid dienone is 2. The van der Waals surface area contributed by atoms with E-state index in [0.29, 0.717) is 5.76 Å². The highest BCUT2D eigenvalue weighted by atomic mass is 19.1. The van der Waals surface area contributed by atoms with Crippen LogP contribution in [0.25, 0.3) is 0 Å². The van der Waals surface area contributed by atoms with Gasteiger partial charge in [-0.05, 0) is 32.0 Å². The molecule has 1 spiro atoms. The molecule has 2 aliphatic heterocycles. The van der Waals surface area contributed by atoms with Crippen molar-refractivity contribution in [3.63, 3.8) is 0 Å². The number of alkyl halides is 1. The van der Waals surface area contributed by atoms with Gasteiger partial charge in [-0.2, -0.15) is 0 Å². The van der Waals surface area contributed by atoms with Crippen LogP contribution in [0, 0.1) is 0 Å². The zero-order chi connectivity index (χ0) is 11.2. The zero-order valence-corrected chi connectivity index (χ0v) is 9.24. The fourth-order valence-electron chi connectivity index (χ4n) is 2.23. The summed E-state index contributed by atoms with van der Waals surface area (Å²) in [5.74, 6) is -1.08. The van der Waals surface area contributed by atoms with Crippen molar-refractivity contribution >= 4 is 6.21 Å². The first-order valence-electron chi connectivity index (χ1n) is 5.65. The van der Waals surface area contributed by atoms with Crippen LogP contribution < -0.4 is 5.32 Å². The Kier molecular flexibility index (Phi) is 1.98. The van der Waals surface area contributed by atoms with Gasteiger partial charge in [0.25, 0.3) is 0 Å². The largest absolute Gasteiger partial charge is 0.489 e. The van der Waals surface area contributed by atoms with Crippen molar-refractivity contribution in [2.24, 2.45) is 4.99 Å². The van der Waals surface area contributed by atoms with Gasteiger partial charge in [0.05, 0.1) is 5.54 Å². The number of ether oxygens (including phenoxy) is 1. The number of hydrogen-bond donors (Lipinski definition) is 1. The van der Waals surface area contributed by atoms with E-state index < -0.39 is 5.79 Å². The minimum Gasteiger partial charge on any atom is -0.489 e. The van der Waals surface area contributed by atoms with Gasteiger partial charge >= 0.3 is 0 Å². The molecule has 0 aromatic carbocycles. The summed E-state index contributed by atoms with van der Waals surface area (Å²) < 4.78 is 19.5. The summed E-state index contributed by atoms with van der Waals surface area (Å²) in [6.45, 7) is 2.49. The predicted molar refractivity (Wildman–Crippen MR) is 60.1 cm³/mol. The van der Waals surface area contributed by atoms with Crippen molar-refractivity contribution in [1.29, 1.82) is 0 Å². The average molecular weight is 222 g/mol. The number of nitrogens with zero attached hydrogens (tertiary/aromatic N) is 1. The summed E-state index contributed by atoms with van der Waals surface area (Å²) in [5.41, 5.74) is 0.203. The van der Waals surface area contributed by atoms with Crippen molar-refractivity contribution in [3.8, 4) is 0 Å². The molecule has 1 saturated carbocycles. The normalized spacial score (nSPS) is 44.9. The van der Waals surface area contributed by atoms with Crippen LogP contribution in [0.3, 0.4) is 0 Å². The Labute approximate surface area is 94.1 Å². The molecule has 0 amide bonds. The molecule has 16 heavy (non-hydrogen) atoms. The van der Waals surface area contributed by atoms with Crippen LogP contribution in [0.4, 0.5) is 4.39 Å². The first-order valence-corrected chi connectivity index (χ1v) is 5.65. The van der Waals surface area contributed by atoms with Crippen LogP contribution in [0.2, 0.25) is 0 Å². The molecule has 2 heterocycles. The molecule has 3 rings (SSSR count). The van der Waals surface area contributed by atoms with E-state index in [2.05, 4.69) is 10.3 Å². The fourth-order valence-corrected chi connectivity index (χ4v) is 2.23. The lowest BCUT2D eigenvalue weighted by Gasteiger charge is -2.28. The molecule has 3 atom stereocenters. The van der Waals surface area contributed by atoms with Crippen molar-refractivity contribution < 1.29 is 9.13 Å². The number of rotatable bonds is 2. The summed E-state index contributed by atoms with van der Waals surface area (Å²) in [4.78, 5) is 3.75. The molecule has 2 fully saturated rings. The standard InChI is InChI=1S/C12H15FN2O/c1-11(13)7-9(3-2-5-14-11)16-10-8-12(10)4-6-15-12/h2-3,5,7,10,15H,4,6,8H2,1H3/t10?,11?,12-/m0/s1. The van der Waals surface area contributed by atoms with Gasteiger partial charge in [-0.1, -0.05) is 0 Å². The second-order valence-corrected chi connectivity index (χ2v) is 4.85. The lowest BCUT2D eigenvalue weighted by molar-refractivity contribution is 0.146. The highest BCUT2D eigenvalue weighted by Crippen LogP contribution is 2.47. The number of hydrogen-bond acceptors (Lipinski definition) is 3. The predicted octanol–water partition coefficient (Wildman–Crippen LogP) is 1.72.